The van der Waals surface area contributed by atoms with Gasteiger partial charge in [0, 0.05) is 31.4 Å². The molecule has 0 aliphatic carbocycles. The lowest BCUT2D eigenvalue weighted by molar-refractivity contribution is -0.384. The van der Waals surface area contributed by atoms with E-state index in [0.717, 1.165) is 0 Å². The molecule has 0 bridgehead atoms. The van der Waals surface area contributed by atoms with Gasteiger partial charge in [0.25, 0.3) is 5.69 Å². The first kappa shape index (κ1) is 17.6. The molecule has 0 saturated carbocycles. The zero-order chi connectivity index (χ0) is 18.5. The number of nitrogens with zero attached hydrogens (tertiary/aromatic N) is 2. The fourth-order valence-electron chi connectivity index (χ4n) is 2.67. The minimum atomic E-state index is -0.782. The second-order valence-corrected chi connectivity index (χ2v) is 5.64. The van der Waals surface area contributed by atoms with Gasteiger partial charge in [-0.2, -0.15) is 0 Å². The summed E-state index contributed by atoms with van der Waals surface area (Å²) in [6.45, 7) is 1.65. The topological polar surface area (TPSA) is 115 Å². The van der Waals surface area contributed by atoms with Crippen LogP contribution in [0.3, 0.4) is 0 Å². The summed E-state index contributed by atoms with van der Waals surface area (Å²) in [4.78, 5) is 39.6. The summed E-state index contributed by atoms with van der Waals surface area (Å²) in [6, 6.07) is 7.26. The third kappa shape index (κ3) is 3.89. The van der Waals surface area contributed by atoms with Gasteiger partial charge in [-0.15, -0.1) is 0 Å². The lowest BCUT2D eigenvalue weighted by Gasteiger charge is -2.30. The standard InChI is InChI=1S/C17H17N3O6/c21-16(14-2-1-5-18-14)11-26-17(22)13-10-12(20(23)24)3-4-15(13)19-6-8-25-9-7-19/h1-5,10,18H,6-9,11H2. The highest BCUT2D eigenvalue weighted by molar-refractivity contribution is 6.00. The van der Waals surface area contributed by atoms with Crippen LogP contribution in [0.1, 0.15) is 20.8 Å². The number of hydrogen-bond donors (Lipinski definition) is 1. The molecule has 0 radical (unpaired) electrons. The molecule has 1 fully saturated rings. The van der Waals surface area contributed by atoms with Crippen LogP contribution in [0.25, 0.3) is 0 Å². The number of carbonyl (C=O) groups is 2. The Bertz CT molecular complexity index is 812. The molecule has 1 N–H and O–H groups in total. The van der Waals surface area contributed by atoms with Crippen molar-refractivity contribution in [3.63, 3.8) is 0 Å². The van der Waals surface area contributed by atoms with E-state index in [0.29, 0.717) is 37.7 Å². The van der Waals surface area contributed by atoms with Crippen LogP contribution in [0.15, 0.2) is 36.5 Å². The maximum atomic E-state index is 12.5. The number of morpholine rings is 1. The number of benzene rings is 1. The van der Waals surface area contributed by atoms with Gasteiger partial charge in [0.1, 0.15) is 0 Å². The predicted molar refractivity (Wildman–Crippen MR) is 91.5 cm³/mol. The van der Waals surface area contributed by atoms with Gasteiger partial charge in [-0.3, -0.25) is 14.9 Å². The minimum absolute atomic E-state index is 0.0559. The molecule has 1 aromatic carbocycles. The van der Waals surface area contributed by atoms with Crippen molar-refractivity contribution >= 4 is 23.1 Å². The number of nitro groups is 1. The molecule has 1 aliphatic heterocycles. The lowest BCUT2D eigenvalue weighted by atomic mass is 10.1. The summed E-state index contributed by atoms with van der Waals surface area (Å²) in [5, 5.41) is 11.0. The minimum Gasteiger partial charge on any atom is -0.454 e. The van der Waals surface area contributed by atoms with Gasteiger partial charge in [-0.05, 0) is 18.2 Å². The zero-order valence-corrected chi connectivity index (χ0v) is 13.8. The number of anilines is 1. The van der Waals surface area contributed by atoms with Gasteiger partial charge in [-0.25, -0.2) is 4.79 Å². The van der Waals surface area contributed by atoms with Crippen molar-refractivity contribution in [1.82, 2.24) is 4.98 Å². The number of aromatic amines is 1. The molecule has 1 aliphatic rings. The molecule has 1 aromatic heterocycles. The van der Waals surface area contributed by atoms with Crippen molar-refractivity contribution in [2.75, 3.05) is 37.8 Å². The second-order valence-electron chi connectivity index (χ2n) is 5.64. The molecule has 0 atom stereocenters. The Kier molecular flexibility index (Phi) is 5.28. The molecule has 26 heavy (non-hydrogen) atoms. The van der Waals surface area contributed by atoms with Crippen LogP contribution >= 0.6 is 0 Å². The fraction of sp³-hybridized carbons (Fsp3) is 0.294. The van der Waals surface area contributed by atoms with E-state index in [2.05, 4.69) is 4.98 Å². The van der Waals surface area contributed by atoms with Gasteiger partial charge >= 0.3 is 5.97 Å². The Morgan fingerprint density at radius 2 is 2.04 bits per heavy atom. The molecule has 136 valence electrons. The van der Waals surface area contributed by atoms with Gasteiger partial charge in [0.05, 0.1) is 35.1 Å². The van der Waals surface area contributed by atoms with Crippen molar-refractivity contribution in [2.45, 2.75) is 0 Å². The third-order valence-electron chi connectivity index (χ3n) is 4.00. The number of carbonyl (C=O) groups excluding carboxylic acids is 2. The van der Waals surface area contributed by atoms with E-state index < -0.39 is 17.5 Å². The van der Waals surface area contributed by atoms with Crippen LogP contribution in [0.2, 0.25) is 0 Å². The van der Waals surface area contributed by atoms with E-state index in [4.69, 9.17) is 9.47 Å². The highest BCUT2D eigenvalue weighted by Crippen LogP contribution is 2.27. The number of ether oxygens (including phenoxy) is 2. The van der Waals surface area contributed by atoms with E-state index >= 15 is 0 Å². The maximum absolute atomic E-state index is 12.5. The highest BCUT2D eigenvalue weighted by Gasteiger charge is 2.23. The molecular weight excluding hydrogens is 342 g/mol. The smallest absolute Gasteiger partial charge is 0.340 e. The first-order valence-corrected chi connectivity index (χ1v) is 8.01. The largest absolute Gasteiger partial charge is 0.454 e. The number of nitrogens with one attached hydrogen (secondary N) is 1. The van der Waals surface area contributed by atoms with Crippen LogP contribution < -0.4 is 4.90 Å². The second kappa shape index (κ2) is 7.79. The Balaban J connectivity index is 1.80. The van der Waals surface area contributed by atoms with Crippen molar-refractivity contribution in [3.8, 4) is 0 Å². The zero-order valence-electron chi connectivity index (χ0n) is 13.8. The molecule has 3 rings (SSSR count). The Morgan fingerprint density at radius 3 is 2.69 bits per heavy atom. The van der Waals surface area contributed by atoms with Crippen LogP contribution in [0, 0.1) is 10.1 Å². The first-order chi connectivity index (χ1) is 12.6. The number of esters is 1. The number of non-ortho nitro benzene ring substituents is 1. The number of hydrogen-bond acceptors (Lipinski definition) is 7. The molecule has 9 heteroatoms. The number of H-pyrrole nitrogens is 1. The summed E-state index contributed by atoms with van der Waals surface area (Å²) in [5.41, 5.74) is 0.687. The van der Waals surface area contributed by atoms with Gasteiger partial charge < -0.3 is 19.4 Å². The molecule has 9 nitrogen and oxygen atoms in total. The molecule has 0 amide bonds. The van der Waals surface area contributed by atoms with Crippen molar-refractivity contribution in [3.05, 3.63) is 57.9 Å². The van der Waals surface area contributed by atoms with Gasteiger partial charge in [0.15, 0.2) is 6.61 Å². The maximum Gasteiger partial charge on any atom is 0.340 e. The fourth-order valence-corrected chi connectivity index (χ4v) is 2.67. The van der Waals surface area contributed by atoms with Gasteiger partial charge in [-0.1, -0.05) is 0 Å². The summed E-state index contributed by atoms with van der Waals surface area (Å²) >= 11 is 0. The molecule has 0 unspecified atom stereocenters. The summed E-state index contributed by atoms with van der Waals surface area (Å²) in [5.74, 6) is -1.17. The van der Waals surface area contributed by atoms with Crippen LogP contribution in [-0.2, 0) is 9.47 Å². The lowest BCUT2D eigenvalue weighted by Crippen LogP contribution is -2.37. The number of rotatable bonds is 6. The van der Waals surface area contributed by atoms with E-state index in [1.807, 2.05) is 4.90 Å². The van der Waals surface area contributed by atoms with E-state index in [1.54, 1.807) is 18.3 Å². The first-order valence-electron chi connectivity index (χ1n) is 8.01. The normalized spacial score (nSPS) is 14.1. The van der Waals surface area contributed by atoms with Crippen molar-refractivity contribution in [2.24, 2.45) is 0 Å². The highest BCUT2D eigenvalue weighted by atomic mass is 16.6. The SMILES string of the molecule is O=C(COC(=O)c1cc([N+](=O)[O-])ccc1N1CCOCC1)c1ccc[nH]1. The quantitative estimate of drug-likeness (QED) is 0.362. The molecule has 0 spiro atoms. The number of nitro benzene ring substituents is 1. The summed E-state index contributed by atoms with van der Waals surface area (Å²) in [7, 11) is 0. The molecule has 1 saturated heterocycles. The van der Waals surface area contributed by atoms with E-state index in [1.165, 1.54) is 18.2 Å². The molecule has 2 heterocycles. The molecular formula is C17H17N3O6. The van der Waals surface area contributed by atoms with E-state index in [9.17, 15) is 19.7 Å². The average Bonchev–Trinajstić information content (AvgIpc) is 3.21. The monoisotopic (exact) mass is 359 g/mol. The predicted octanol–water partition coefficient (Wildman–Crippen LogP) is 1.80. The van der Waals surface area contributed by atoms with Crippen molar-refractivity contribution < 1.29 is 24.0 Å². The summed E-state index contributed by atoms with van der Waals surface area (Å²) in [6.07, 6.45) is 1.59. The number of ketones is 1. The number of Topliss-reactive ketones (excluding diaryl/α,β-unsaturated/α-hetero) is 1. The van der Waals surface area contributed by atoms with Crippen LogP contribution in [-0.4, -0.2) is 54.6 Å². The Labute approximate surface area is 148 Å². The average molecular weight is 359 g/mol. The number of aromatic nitrogens is 1. The third-order valence-corrected chi connectivity index (χ3v) is 4.00. The molecule has 2 aromatic rings. The van der Waals surface area contributed by atoms with E-state index in [-0.39, 0.29) is 17.0 Å². The van der Waals surface area contributed by atoms with Crippen LogP contribution in [0.5, 0.6) is 0 Å². The van der Waals surface area contributed by atoms with Crippen LogP contribution in [0.4, 0.5) is 11.4 Å². The summed E-state index contributed by atoms with van der Waals surface area (Å²) < 4.78 is 10.4. The Morgan fingerprint density at radius 1 is 1.27 bits per heavy atom. The van der Waals surface area contributed by atoms with Crippen molar-refractivity contribution in [1.29, 1.82) is 0 Å². The Hall–Kier alpha value is -3.20. The van der Waals surface area contributed by atoms with Gasteiger partial charge in [0.2, 0.25) is 5.78 Å².